The van der Waals surface area contributed by atoms with E-state index < -0.39 is 12.0 Å². The van der Waals surface area contributed by atoms with Gasteiger partial charge >= 0.3 is 0 Å². The van der Waals surface area contributed by atoms with Crippen molar-refractivity contribution in [3.63, 3.8) is 0 Å². The van der Waals surface area contributed by atoms with Crippen LogP contribution >= 0.6 is 11.6 Å². The molecule has 4 heterocycles. The van der Waals surface area contributed by atoms with Gasteiger partial charge in [-0.25, -0.2) is 4.98 Å². The summed E-state index contributed by atoms with van der Waals surface area (Å²) in [7, 11) is 1.50. The summed E-state index contributed by atoms with van der Waals surface area (Å²) in [5.41, 5.74) is 4.60. The van der Waals surface area contributed by atoms with E-state index in [1.54, 1.807) is 23.0 Å². The molecule has 1 aliphatic carbocycles. The minimum absolute atomic E-state index is 0.00226. The Kier molecular flexibility index (Phi) is 5.86. The third-order valence-electron chi connectivity index (χ3n) is 7.28. The molecule has 9 nitrogen and oxygen atoms in total. The number of ether oxygens (including phenoxy) is 1. The van der Waals surface area contributed by atoms with Crippen molar-refractivity contribution in [3.8, 4) is 11.4 Å². The summed E-state index contributed by atoms with van der Waals surface area (Å²) < 4.78 is 12.5. The van der Waals surface area contributed by atoms with E-state index in [2.05, 4.69) is 5.32 Å². The van der Waals surface area contributed by atoms with Crippen LogP contribution in [-0.4, -0.2) is 40.1 Å². The topological polar surface area (TPSA) is 124 Å². The number of amides is 1. The molecule has 1 fully saturated rings. The summed E-state index contributed by atoms with van der Waals surface area (Å²) in [6, 6.07) is 5.32. The van der Waals surface area contributed by atoms with Gasteiger partial charge in [-0.2, -0.15) is 0 Å². The molecule has 0 radical (unpaired) electrons. The molecule has 37 heavy (non-hydrogen) atoms. The van der Waals surface area contributed by atoms with Gasteiger partial charge in [0.1, 0.15) is 12.4 Å². The highest BCUT2D eigenvalue weighted by Crippen LogP contribution is 2.41. The second-order valence-electron chi connectivity index (χ2n) is 9.56. The molecule has 4 aromatic rings. The molecule has 2 aliphatic rings. The van der Waals surface area contributed by atoms with Gasteiger partial charge in [0.15, 0.2) is 5.58 Å². The average Bonchev–Trinajstić information content (AvgIpc) is 3.50. The first kappa shape index (κ1) is 23.8. The largest absolute Gasteiger partial charge is 0.463 e. The Morgan fingerprint density at radius 3 is 2.92 bits per heavy atom. The van der Waals surface area contributed by atoms with E-state index in [1.165, 1.54) is 7.11 Å². The van der Waals surface area contributed by atoms with E-state index in [-0.39, 0.29) is 37.6 Å². The number of benzene rings is 1. The number of carbonyl (C=O) groups is 2. The molecule has 0 spiro atoms. The maximum Gasteiger partial charge on any atom is 0.257 e. The number of aromatic nitrogens is 2. The molecule has 1 aromatic carbocycles. The first-order valence-corrected chi connectivity index (χ1v) is 12.5. The summed E-state index contributed by atoms with van der Waals surface area (Å²) in [6.07, 6.45) is 3.00. The van der Waals surface area contributed by atoms with Crippen molar-refractivity contribution in [2.75, 3.05) is 7.11 Å². The van der Waals surface area contributed by atoms with Crippen molar-refractivity contribution < 1.29 is 23.8 Å². The number of pyridine rings is 2. The Balaban J connectivity index is 1.56. The van der Waals surface area contributed by atoms with Crippen LogP contribution < -0.4 is 10.9 Å². The Hall–Kier alpha value is -3.53. The molecule has 1 unspecified atom stereocenters. The molecule has 3 aromatic heterocycles. The smallest absolute Gasteiger partial charge is 0.257 e. The number of halogens is 1. The molecule has 0 bridgehead atoms. The molecule has 1 aliphatic heterocycles. The summed E-state index contributed by atoms with van der Waals surface area (Å²) >= 11 is 6.49. The second-order valence-corrected chi connectivity index (χ2v) is 9.97. The zero-order valence-corrected chi connectivity index (χ0v) is 20.8. The van der Waals surface area contributed by atoms with Gasteiger partial charge in [0.05, 0.1) is 41.3 Å². The van der Waals surface area contributed by atoms with Gasteiger partial charge < -0.3 is 28.9 Å². The van der Waals surface area contributed by atoms with E-state index >= 15 is 0 Å². The van der Waals surface area contributed by atoms with Crippen molar-refractivity contribution in [2.45, 2.75) is 45.1 Å². The fourth-order valence-corrected chi connectivity index (χ4v) is 5.53. The molecular formula is C27H24ClN3O6. The van der Waals surface area contributed by atoms with Crippen molar-refractivity contribution in [3.05, 3.63) is 62.1 Å². The minimum Gasteiger partial charge on any atom is -0.463 e. The molecule has 190 valence electrons. The number of hydrogen-bond donors (Lipinski definition) is 2. The first-order chi connectivity index (χ1) is 17.9. The fourth-order valence-electron chi connectivity index (χ4n) is 5.28. The normalized spacial score (nSPS) is 15.1. The standard InChI is InChI=1S/C27H24ClN3O6/c1-36-12-18-14(4-6-32)8-21-23-17(11-31(21)27(18)35)16(10-29-26(34)24(33)13-2-3-13)22-15-5-7-37-25(15)19(28)9-20(22)30-23/h5-9,13,24,33H,2-4,10-12H2,1H3,(H,29,34). The van der Waals surface area contributed by atoms with E-state index in [4.69, 9.17) is 25.7 Å². The third-order valence-corrected chi connectivity index (χ3v) is 7.56. The molecule has 2 N–H and O–H groups in total. The van der Waals surface area contributed by atoms with Crippen LogP contribution in [0.4, 0.5) is 0 Å². The lowest BCUT2D eigenvalue weighted by Gasteiger charge is -2.16. The monoisotopic (exact) mass is 521 g/mol. The zero-order chi connectivity index (χ0) is 25.8. The zero-order valence-electron chi connectivity index (χ0n) is 20.0. The van der Waals surface area contributed by atoms with E-state index in [0.29, 0.717) is 38.6 Å². The number of rotatable bonds is 8. The molecule has 1 saturated carbocycles. The summed E-state index contributed by atoms with van der Waals surface area (Å²) in [4.78, 5) is 42.4. The number of nitrogens with zero attached hydrogens (tertiary/aromatic N) is 2. The predicted octanol–water partition coefficient (Wildman–Crippen LogP) is 3.10. The van der Waals surface area contributed by atoms with Gasteiger partial charge in [-0.1, -0.05) is 11.6 Å². The van der Waals surface area contributed by atoms with Crippen LogP contribution in [0.25, 0.3) is 33.3 Å². The third kappa shape index (κ3) is 3.85. The van der Waals surface area contributed by atoms with Crippen molar-refractivity contribution >= 4 is 45.7 Å². The number of hydrogen-bond acceptors (Lipinski definition) is 7. The van der Waals surface area contributed by atoms with Gasteiger partial charge in [-0.15, -0.1) is 0 Å². The number of aldehydes is 1. The SMILES string of the molecule is COCc1c(CC=O)cc2n(c1=O)Cc1c-2nc2cc(Cl)c3occc3c2c1CNC(=O)C(O)C1CC1. The van der Waals surface area contributed by atoms with Crippen LogP contribution in [0.15, 0.2) is 33.7 Å². The highest BCUT2D eigenvalue weighted by atomic mass is 35.5. The molecule has 1 amide bonds. The number of aliphatic hydroxyl groups is 1. The van der Waals surface area contributed by atoms with Crippen LogP contribution in [0.2, 0.25) is 5.02 Å². The lowest BCUT2D eigenvalue weighted by Crippen LogP contribution is -2.35. The average molecular weight is 522 g/mol. The van der Waals surface area contributed by atoms with Crippen LogP contribution in [-0.2, 0) is 40.4 Å². The number of methoxy groups -OCH3 is 1. The summed E-state index contributed by atoms with van der Waals surface area (Å²) in [5.74, 6) is -0.431. The van der Waals surface area contributed by atoms with E-state index in [0.717, 1.165) is 41.0 Å². The van der Waals surface area contributed by atoms with Gasteiger partial charge in [0.2, 0.25) is 5.91 Å². The predicted molar refractivity (Wildman–Crippen MR) is 136 cm³/mol. The van der Waals surface area contributed by atoms with Gasteiger partial charge in [-0.3, -0.25) is 9.59 Å². The summed E-state index contributed by atoms with van der Waals surface area (Å²) in [5, 5.41) is 15.1. The highest BCUT2D eigenvalue weighted by molar-refractivity contribution is 6.36. The Labute approximate surface area is 216 Å². The van der Waals surface area contributed by atoms with Crippen LogP contribution in [0.1, 0.15) is 35.1 Å². The van der Waals surface area contributed by atoms with Crippen molar-refractivity contribution in [2.24, 2.45) is 5.92 Å². The fraction of sp³-hybridized carbons (Fsp3) is 0.333. The Bertz CT molecular complexity index is 1650. The lowest BCUT2D eigenvalue weighted by molar-refractivity contribution is -0.130. The van der Waals surface area contributed by atoms with E-state index in [9.17, 15) is 19.5 Å². The molecular weight excluding hydrogens is 498 g/mol. The number of fused-ring (bicyclic) bond motifs is 6. The quantitative estimate of drug-likeness (QED) is 0.301. The van der Waals surface area contributed by atoms with Crippen LogP contribution in [0, 0.1) is 5.92 Å². The van der Waals surface area contributed by atoms with Gasteiger partial charge in [-0.05, 0) is 48.1 Å². The first-order valence-electron chi connectivity index (χ1n) is 12.1. The lowest BCUT2D eigenvalue weighted by atomic mass is 9.97. The number of carbonyl (C=O) groups excluding carboxylic acids is 2. The number of aliphatic hydroxyl groups excluding tert-OH is 1. The molecule has 1 atom stereocenters. The Morgan fingerprint density at radius 1 is 1.38 bits per heavy atom. The Morgan fingerprint density at radius 2 is 2.19 bits per heavy atom. The molecule has 6 rings (SSSR count). The highest BCUT2D eigenvalue weighted by Gasteiger charge is 2.35. The number of furan rings is 1. The molecule has 0 saturated heterocycles. The minimum atomic E-state index is -1.05. The second kappa shape index (κ2) is 9.09. The van der Waals surface area contributed by atoms with E-state index in [1.807, 2.05) is 6.07 Å². The van der Waals surface area contributed by atoms with Gasteiger partial charge in [0, 0.05) is 42.0 Å². The maximum absolute atomic E-state index is 13.5. The maximum atomic E-state index is 13.5. The van der Waals surface area contributed by atoms with Gasteiger partial charge in [0.25, 0.3) is 5.56 Å². The summed E-state index contributed by atoms with van der Waals surface area (Å²) in [6.45, 7) is 0.449. The van der Waals surface area contributed by atoms with Crippen LogP contribution in [0.3, 0.4) is 0 Å². The molecule has 10 heteroatoms. The number of nitrogens with one attached hydrogen (secondary N) is 1. The van der Waals surface area contributed by atoms with Crippen molar-refractivity contribution in [1.29, 1.82) is 0 Å². The van der Waals surface area contributed by atoms with Crippen LogP contribution in [0.5, 0.6) is 0 Å². The van der Waals surface area contributed by atoms with Crippen molar-refractivity contribution in [1.82, 2.24) is 14.9 Å².